The van der Waals surface area contributed by atoms with Gasteiger partial charge in [0.15, 0.2) is 0 Å². The van der Waals surface area contributed by atoms with E-state index in [2.05, 4.69) is 12.2 Å². The van der Waals surface area contributed by atoms with Crippen LogP contribution in [0.1, 0.15) is 31.7 Å². The Hall–Kier alpha value is -1.32. The summed E-state index contributed by atoms with van der Waals surface area (Å²) in [5, 5.41) is 3.51. The van der Waals surface area contributed by atoms with Crippen molar-refractivity contribution in [1.82, 2.24) is 5.32 Å². The molecule has 1 N–H and O–H groups in total. The molecular weight excluding hydrogens is 274 g/mol. The molecule has 0 aliphatic heterocycles. The highest BCUT2D eigenvalue weighted by atomic mass is 35.5. The van der Waals surface area contributed by atoms with Crippen LogP contribution in [0, 0.1) is 0 Å². The minimum atomic E-state index is -0.0893. The van der Waals surface area contributed by atoms with Gasteiger partial charge >= 0.3 is 0 Å². The molecule has 1 aromatic rings. The molecule has 1 amide bonds. The summed E-state index contributed by atoms with van der Waals surface area (Å²) < 4.78 is 5.41. The number of halogens is 1. The molecule has 0 aliphatic carbocycles. The lowest BCUT2D eigenvalue weighted by Gasteiger charge is -2.04. The number of carbonyl (C=O) groups excluding carboxylic acids is 1. The van der Waals surface area contributed by atoms with Gasteiger partial charge in [-0.25, -0.2) is 0 Å². The Morgan fingerprint density at radius 3 is 2.65 bits per heavy atom. The smallest absolute Gasteiger partial charge is 0.244 e. The molecule has 0 bridgehead atoms. The number of hydrogen-bond donors (Lipinski definition) is 1. The van der Waals surface area contributed by atoms with E-state index in [4.69, 9.17) is 16.3 Å². The van der Waals surface area contributed by atoms with Crippen LogP contribution >= 0.6 is 11.6 Å². The quantitative estimate of drug-likeness (QED) is 0.557. The normalized spacial score (nSPS) is 10.9. The van der Waals surface area contributed by atoms with Crippen molar-refractivity contribution < 1.29 is 9.53 Å². The maximum Gasteiger partial charge on any atom is 0.244 e. The summed E-state index contributed by atoms with van der Waals surface area (Å²) in [5.74, 6) is -0.0893. The standard InChI is InChI=1S/C16H22ClNO2/c1-2-3-12-20-13-4-11-18-16(19)10-7-14-5-8-15(17)9-6-14/h5-10H,2-4,11-13H2,1H3,(H,18,19). The molecule has 0 radical (unpaired) electrons. The average molecular weight is 296 g/mol. The number of ether oxygens (including phenoxy) is 1. The summed E-state index contributed by atoms with van der Waals surface area (Å²) in [6, 6.07) is 7.33. The third kappa shape index (κ3) is 7.97. The second-order valence-electron chi connectivity index (χ2n) is 4.50. The van der Waals surface area contributed by atoms with E-state index in [0.717, 1.165) is 31.4 Å². The second-order valence-corrected chi connectivity index (χ2v) is 4.93. The van der Waals surface area contributed by atoms with Crippen LogP contribution in [0.2, 0.25) is 5.02 Å². The fourth-order valence-electron chi connectivity index (χ4n) is 1.54. The maximum atomic E-state index is 11.6. The molecule has 1 rings (SSSR count). The van der Waals surface area contributed by atoms with Gasteiger partial charge in [-0.1, -0.05) is 37.1 Å². The number of amides is 1. The lowest BCUT2D eigenvalue weighted by Crippen LogP contribution is -2.23. The van der Waals surface area contributed by atoms with Crippen molar-refractivity contribution in [2.24, 2.45) is 0 Å². The average Bonchev–Trinajstić information content (AvgIpc) is 2.46. The van der Waals surface area contributed by atoms with Gasteiger partial charge in [0.05, 0.1) is 0 Å². The van der Waals surface area contributed by atoms with Crippen molar-refractivity contribution in [1.29, 1.82) is 0 Å². The number of unbranched alkanes of at least 4 members (excludes halogenated alkanes) is 1. The van der Waals surface area contributed by atoms with Gasteiger partial charge in [-0.3, -0.25) is 4.79 Å². The Labute approximate surface area is 126 Å². The van der Waals surface area contributed by atoms with Gasteiger partial charge in [0.1, 0.15) is 0 Å². The monoisotopic (exact) mass is 295 g/mol. The molecule has 4 heteroatoms. The van der Waals surface area contributed by atoms with E-state index >= 15 is 0 Å². The van der Waals surface area contributed by atoms with E-state index in [1.54, 1.807) is 18.2 Å². The van der Waals surface area contributed by atoms with Crippen LogP contribution < -0.4 is 5.32 Å². The van der Waals surface area contributed by atoms with Crippen LogP contribution in [0.15, 0.2) is 30.3 Å². The Morgan fingerprint density at radius 2 is 1.95 bits per heavy atom. The first kappa shape index (κ1) is 16.7. The summed E-state index contributed by atoms with van der Waals surface area (Å²) in [6.45, 7) is 4.27. The molecular formula is C16H22ClNO2. The Balaban J connectivity index is 2.12. The van der Waals surface area contributed by atoms with Crippen molar-refractivity contribution in [2.75, 3.05) is 19.8 Å². The molecule has 0 aromatic heterocycles. The Bertz CT molecular complexity index is 415. The van der Waals surface area contributed by atoms with Crippen molar-refractivity contribution in [3.05, 3.63) is 40.9 Å². The number of benzene rings is 1. The molecule has 0 unspecified atom stereocenters. The summed E-state index contributed by atoms with van der Waals surface area (Å²) in [4.78, 5) is 11.6. The minimum Gasteiger partial charge on any atom is -0.381 e. The van der Waals surface area contributed by atoms with Gasteiger partial charge in [0.25, 0.3) is 0 Å². The number of hydrogen-bond acceptors (Lipinski definition) is 2. The molecule has 0 saturated carbocycles. The first-order valence-electron chi connectivity index (χ1n) is 7.01. The predicted molar refractivity (Wildman–Crippen MR) is 83.8 cm³/mol. The van der Waals surface area contributed by atoms with E-state index in [-0.39, 0.29) is 5.91 Å². The number of rotatable bonds is 9. The van der Waals surface area contributed by atoms with Gasteiger partial charge in [0, 0.05) is 30.9 Å². The molecule has 0 saturated heterocycles. The maximum absolute atomic E-state index is 11.6. The Kier molecular flexibility index (Phi) is 8.76. The van der Waals surface area contributed by atoms with Crippen molar-refractivity contribution in [3.8, 4) is 0 Å². The van der Waals surface area contributed by atoms with E-state index in [0.29, 0.717) is 18.2 Å². The van der Waals surface area contributed by atoms with Crippen molar-refractivity contribution in [3.63, 3.8) is 0 Å². The van der Waals surface area contributed by atoms with Crippen LogP contribution in [0.4, 0.5) is 0 Å². The number of carbonyl (C=O) groups is 1. The third-order valence-corrected chi connectivity index (χ3v) is 2.96. The van der Waals surface area contributed by atoms with Crippen molar-refractivity contribution >= 4 is 23.6 Å². The molecule has 110 valence electrons. The second kappa shape index (κ2) is 10.5. The SMILES string of the molecule is CCCCOCCCNC(=O)C=Cc1ccc(Cl)cc1. The summed E-state index contributed by atoms with van der Waals surface area (Å²) in [6.07, 6.45) is 6.37. The first-order valence-corrected chi connectivity index (χ1v) is 7.39. The largest absolute Gasteiger partial charge is 0.381 e. The highest BCUT2D eigenvalue weighted by Crippen LogP contribution is 2.10. The fraction of sp³-hybridized carbons (Fsp3) is 0.438. The van der Waals surface area contributed by atoms with E-state index < -0.39 is 0 Å². The molecule has 0 heterocycles. The van der Waals surface area contributed by atoms with Crippen LogP contribution in [-0.4, -0.2) is 25.7 Å². The molecule has 1 aromatic carbocycles. The zero-order valence-corrected chi connectivity index (χ0v) is 12.7. The minimum absolute atomic E-state index is 0.0893. The molecule has 20 heavy (non-hydrogen) atoms. The molecule has 3 nitrogen and oxygen atoms in total. The van der Waals surface area contributed by atoms with Gasteiger partial charge in [-0.2, -0.15) is 0 Å². The van der Waals surface area contributed by atoms with E-state index in [1.165, 1.54) is 6.08 Å². The van der Waals surface area contributed by atoms with Crippen LogP contribution in [0.5, 0.6) is 0 Å². The van der Waals surface area contributed by atoms with Gasteiger partial charge < -0.3 is 10.1 Å². The van der Waals surface area contributed by atoms with Crippen LogP contribution in [-0.2, 0) is 9.53 Å². The highest BCUT2D eigenvalue weighted by molar-refractivity contribution is 6.30. The van der Waals surface area contributed by atoms with Crippen LogP contribution in [0.3, 0.4) is 0 Å². The Morgan fingerprint density at radius 1 is 1.25 bits per heavy atom. The van der Waals surface area contributed by atoms with Gasteiger partial charge in [-0.05, 0) is 36.6 Å². The summed E-state index contributed by atoms with van der Waals surface area (Å²) in [7, 11) is 0. The van der Waals surface area contributed by atoms with Crippen LogP contribution in [0.25, 0.3) is 6.08 Å². The van der Waals surface area contributed by atoms with Gasteiger partial charge in [-0.15, -0.1) is 0 Å². The lowest BCUT2D eigenvalue weighted by molar-refractivity contribution is -0.116. The van der Waals surface area contributed by atoms with E-state index in [1.807, 2.05) is 12.1 Å². The molecule has 0 atom stereocenters. The lowest BCUT2D eigenvalue weighted by atomic mass is 10.2. The molecule has 0 fully saturated rings. The zero-order chi connectivity index (χ0) is 14.6. The molecule has 0 aliphatic rings. The van der Waals surface area contributed by atoms with Crippen molar-refractivity contribution in [2.45, 2.75) is 26.2 Å². The molecule has 0 spiro atoms. The highest BCUT2D eigenvalue weighted by Gasteiger charge is 1.95. The fourth-order valence-corrected chi connectivity index (χ4v) is 1.66. The third-order valence-electron chi connectivity index (χ3n) is 2.70. The number of nitrogens with one attached hydrogen (secondary N) is 1. The zero-order valence-electron chi connectivity index (χ0n) is 11.9. The summed E-state index contributed by atoms with van der Waals surface area (Å²) in [5.41, 5.74) is 0.951. The topological polar surface area (TPSA) is 38.3 Å². The summed E-state index contributed by atoms with van der Waals surface area (Å²) >= 11 is 5.79. The first-order chi connectivity index (χ1) is 9.72. The predicted octanol–water partition coefficient (Wildman–Crippen LogP) is 3.68. The van der Waals surface area contributed by atoms with Gasteiger partial charge in [0.2, 0.25) is 5.91 Å². The van der Waals surface area contributed by atoms with E-state index in [9.17, 15) is 4.79 Å².